The van der Waals surface area contributed by atoms with Crippen molar-refractivity contribution in [2.45, 2.75) is 32.2 Å². The Balaban J connectivity index is 1.89. The minimum absolute atomic E-state index is 0.783. The Morgan fingerprint density at radius 2 is 1.41 bits per heavy atom. The molecule has 0 heterocycles. The van der Waals surface area contributed by atoms with Crippen molar-refractivity contribution in [3.05, 3.63) is 60.2 Å². The summed E-state index contributed by atoms with van der Waals surface area (Å²) in [6, 6.07) is 19.9. The quantitative estimate of drug-likeness (QED) is 0.388. The summed E-state index contributed by atoms with van der Waals surface area (Å²) >= 11 is 0. The van der Waals surface area contributed by atoms with Crippen molar-refractivity contribution in [1.82, 2.24) is 10.2 Å². The molecule has 3 aromatic carbocycles. The molecule has 0 aromatic heterocycles. The van der Waals surface area contributed by atoms with E-state index in [-0.39, 0.29) is 0 Å². The van der Waals surface area contributed by atoms with Crippen LogP contribution in [0.2, 0.25) is 0 Å². The number of nitrogens with zero attached hydrogens (tertiary/aromatic N) is 1. The smallest absolute Gasteiger partial charge is 0.0246 e. The van der Waals surface area contributed by atoms with Gasteiger partial charge in [0.2, 0.25) is 0 Å². The molecule has 0 saturated carbocycles. The molecule has 0 atom stereocenters. The second-order valence-electron chi connectivity index (χ2n) is 7.38. The van der Waals surface area contributed by atoms with Crippen molar-refractivity contribution in [2.75, 3.05) is 33.2 Å². The fourth-order valence-corrected chi connectivity index (χ4v) is 3.89. The molecular weight excluding hydrogens is 330 g/mol. The number of benzene rings is 3. The zero-order valence-corrected chi connectivity index (χ0v) is 16.6. The fraction of sp³-hybridized carbons (Fsp3) is 0.417. The van der Waals surface area contributed by atoms with Gasteiger partial charge in [0, 0.05) is 6.54 Å². The highest BCUT2D eigenvalue weighted by Gasteiger charge is 2.12. The highest BCUT2D eigenvalue weighted by atomic mass is 15.1. The molecule has 3 rings (SSSR count). The largest absolute Gasteiger partial charge is 0.330 e. The van der Waals surface area contributed by atoms with Crippen molar-refractivity contribution >= 4 is 21.5 Å². The van der Waals surface area contributed by atoms with Crippen LogP contribution in [0.1, 0.15) is 31.2 Å². The number of hydrogen-bond acceptors (Lipinski definition) is 3. The number of unbranched alkanes of at least 4 members (excludes halogenated alkanes) is 2. The topological polar surface area (TPSA) is 41.3 Å². The van der Waals surface area contributed by atoms with Crippen LogP contribution in [0.25, 0.3) is 21.5 Å². The monoisotopic (exact) mass is 363 g/mol. The lowest BCUT2D eigenvalue weighted by Gasteiger charge is -2.24. The number of nitrogens with two attached hydrogens (primary N) is 1. The molecule has 0 aliphatic carbocycles. The maximum Gasteiger partial charge on any atom is 0.0246 e. The highest BCUT2D eigenvalue weighted by Crippen LogP contribution is 2.29. The van der Waals surface area contributed by atoms with E-state index in [0.29, 0.717) is 0 Å². The first-order valence-corrected chi connectivity index (χ1v) is 10.3. The molecule has 0 spiro atoms. The van der Waals surface area contributed by atoms with E-state index in [0.717, 1.165) is 39.1 Å². The number of fused-ring (bicyclic) bond motifs is 2. The molecule has 3 N–H and O–H groups in total. The first kappa shape index (κ1) is 19.8. The van der Waals surface area contributed by atoms with Crippen LogP contribution in [-0.4, -0.2) is 38.1 Å². The van der Waals surface area contributed by atoms with Gasteiger partial charge in [0.05, 0.1) is 0 Å². The third-order valence-corrected chi connectivity index (χ3v) is 5.34. The Hall–Kier alpha value is -1.94. The minimum Gasteiger partial charge on any atom is -0.330 e. The van der Waals surface area contributed by atoms with Gasteiger partial charge in [-0.05, 0) is 92.1 Å². The Labute approximate surface area is 163 Å². The lowest BCUT2D eigenvalue weighted by Crippen LogP contribution is -2.27. The van der Waals surface area contributed by atoms with Crippen LogP contribution in [0.5, 0.6) is 0 Å². The summed E-state index contributed by atoms with van der Waals surface area (Å²) in [7, 11) is 2.03. The van der Waals surface area contributed by atoms with Gasteiger partial charge in [-0.1, -0.05) is 48.5 Å². The normalized spacial score (nSPS) is 11.7. The van der Waals surface area contributed by atoms with E-state index in [1.807, 2.05) is 7.05 Å². The Kier molecular flexibility index (Phi) is 7.64. The Morgan fingerprint density at radius 3 is 2.00 bits per heavy atom. The second kappa shape index (κ2) is 10.4. The number of rotatable bonds is 11. The van der Waals surface area contributed by atoms with Crippen LogP contribution in [-0.2, 0) is 6.54 Å². The van der Waals surface area contributed by atoms with E-state index in [9.17, 15) is 0 Å². The summed E-state index contributed by atoms with van der Waals surface area (Å²) < 4.78 is 0. The molecule has 0 aliphatic rings. The van der Waals surface area contributed by atoms with E-state index in [1.165, 1.54) is 46.4 Å². The van der Waals surface area contributed by atoms with E-state index in [2.05, 4.69) is 64.8 Å². The van der Waals surface area contributed by atoms with Gasteiger partial charge in [0.25, 0.3) is 0 Å². The zero-order chi connectivity index (χ0) is 18.9. The first-order valence-electron chi connectivity index (χ1n) is 10.3. The standard InChI is InChI=1S/C24H33N3/c1-26-15-7-9-17-27(16-8-6-14-25)19-24-22-12-4-2-10-20(22)18-21-11-3-5-13-23(21)24/h2-5,10-13,18,26H,6-9,14-17,19,25H2,1H3. The van der Waals surface area contributed by atoms with Crippen LogP contribution in [0.4, 0.5) is 0 Å². The third kappa shape index (κ3) is 5.29. The molecule has 0 saturated heterocycles. The molecule has 3 aromatic rings. The first-order chi connectivity index (χ1) is 13.3. The van der Waals surface area contributed by atoms with Crippen LogP contribution in [0, 0.1) is 0 Å². The maximum atomic E-state index is 5.73. The summed E-state index contributed by atoms with van der Waals surface area (Å²) in [6.07, 6.45) is 4.72. The van der Waals surface area contributed by atoms with Crippen molar-refractivity contribution < 1.29 is 0 Å². The summed E-state index contributed by atoms with van der Waals surface area (Å²) in [5.74, 6) is 0. The molecule has 0 aliphatic heterocycles. The highest BCUT2D eigenvalue weighted by molar-refractivity contribution is 6.02. The van der Waals surface area contributed by atoms with Crippen LogP contribution in [0.15, 0.2) is 54.6 Å². The molecule has 0 radical (unpaired) electrons. The van der Waals surface area contributed by atoms with Gasteiger partial charge in [-0.15, -0.1) is 0 Å². The van der Waals surface area contributed by atoms with Crippen molar-refractivity contribution in [1.29, 1.82) is 0 Å². The second-order valence-corrected chi connectivity index (χ2v) is 7.38. The van der Waals surface area contributed by atoms with Gasteiger partial charge in [-0.3, -0.25) is 4.90 Å². The lowest BCUT2D eigenvalue weighted by molar-refractivity contribution is 0.256. The van der Waals surface area contributed by atoms with Gasteiger partial charge in [0.1, 0.15) is 0 Å². The molecule has 3 heteroatoms. The summed E-state index contributed by atoms with van der Waals surface area (Å²) in [6.45, 7) is 5.14. The predicted octanol–water partition coefficient (Wildman–Crippen LogP) is 4.53. The average Bonchev–Trinajstić information content (AvgIpc) is 2.70. The molecule has 3 nitrogen and oxygen atoms in total. The van der Waals surface area contributed by atoms with Crippen molar-refractivity contribution in [3.8, 4) is 0 Å². The molecule has 0 bridgehead atoms. The summed E-state index contributed by atoms with van der Waals surface area (Å²) in [5, 5.41) is 8.70. The van der Waals surface area contributed by atoms with Crippen molar-refractivity contribution in [2.24, 2.45) is 5.73 Å². The van der Waals surface area contributed by atoms with E-state index in [4.69, 9.17) is 5.73 Å². The van der Waals surface area contributed by atoms with Crippen LogP contribution in [0.3, 0.4) is 0 Å². The lowest BCUT2D eigenvalue weighted by atomic mass is 9.96. The summed E-state index contributed by atoms with van der Waals surface area (Å²) in [4.78, 5) is 2.62. The Morgan fingerprint density at radius 1 is 0.815 bits per heavy atom. The molecule has 0 fully saturated rings. The third-order valence-electron chi connectivity index (χ3n) is 5.34. The van der Waals surface area contributed by atoms with Crippen molar-refractivity contribution in [3.63, 3.8) is 0 Å². The molecule has 0 amide bonds. The van der Waals surface area contributed by atoms with Gasteiger partial charge in [-0.25, -0.2) is 0 Å². The maximum absolute atomic E-state index is 5.73. The Bertz CT molecular complexity index is 789. The van der Waals surface area contributed by atoms with Gasteiger partial charge >= 0.3 is 0 Å². The molecular formula is C24H33N3. The minimum atomic E-state index is 0.783. The van der Waals surface area contributed by atoms with Gasteiger partial charge in [0.15, 0.2) is 0 Å². The fourth-order valence-electron chi connectivity index (χ4n) is 3.89. The van der Waals surface area contributed by atoms with Crippen LogP contribution < -0.4 is 11.1 Å². The summed E-state index contributed by atoms with van der Waals surface area (Å²) in [5.41, 5.74) is 7.19. The van der Waals surface area contributed by atoms with E-state index >= 15 is 0 Å². The van der Waals surface area contributed by atoms with E-state index < -0.39 is 0 Å². The zero-order valence-electron chi connectivity index (χ0n) is 16.6. The molecule has 144 valence electrons. The molecule has 27 heavy (non-hydrogen) atoms. The van der Waals surface area contributed by atoms with Gasteiger partial charge in [-0.2, -0.15) is 0 Å². The average molecular weight is 364 g/mol. The van der Waals surface area contributed by atoms with Crippen LogP contribution >= 0.6 is 0 Å². The van der Waals surface area contributed by atoms with Gasteiger partial charge < -0.3 is 11.1 Å². The predicted molar refractivity (Wildman–Crippen MR) is 118 cm³/mol. The SMILES string of the molecule is CNCCCCN(CCCCN)Cc1c2ccccc2cc2ccccc12. The molecule has 0 unspecified atom stereocenters. The van der Waals surface area contributed by atoms with E-state index in [1.54, 1.807) is 0 Å². The number of hydrogen-bond donors (Lipinski definition) is 2. The number of nitrogens with one attached hydrogen (secondary N) is 1.